The Morgan fingerprint density at radius 2 is 1.11 bits per heavy atom. The summed E-state index contributed by atoms with van der Waals surface area (Å²) in [6.07, 6.45) is 15.5. The lowest BCUT2D eigenvalue weighted by Gasteiger charge is -2.38. The molecule has 4 aromatic rings. The van der Waals surface area contributed by atoms with Crippen LogP contribution in [0, 0.1) is 20.8 Å². The summed E-state index contributed by atoms with van der Waals surface area (Å²) in [6, 6.07) is 33.8. The van der Waals surface area contributed by atoms with Gasteiger partial charge in [0.2, 0.25) is 0 Å². The Hall–Kier alpha value is -3.95. The Bertz CT molecular complexity index is 1670. The van der Waals surface area contributed by atoms with Gasteiger partial charge in [0, 0.05) is 5.56 Å². The van der Waals surface area contributed by atoms with Crippen molar-refractivity contribution in [3.8, 4) is 11.5 Å². The third kappa shape index (κ3) is 10.2. The number of carbonyl (C=O) groups is 2. The number of rotatable bonds is 19. The molecule has 1 unspecified atom stereocenters. The third-order valence-corrected chi connectivity index (χ3v) is 15.9. The van der Waals surface area contributed by atoms with Crippen LogP contribution in [-0.2, 0) is 20.7 Å². The van der Waals surface area contributed by atoms with Crippen LogP contribution < -0.4 is 25.4 Å². The largest absolute Gasteiger partial charge is 0.487 e. The van der Waals surface area contributed by atoms with Gasteiger partial charge in [-0.15, -0.1) is 0 Å². The molecule has 0 N–H and O–H groups in total. The molecule has 0 bridgehead atoms. The fourth-order valence-electron chi connectivity index (χ4n) is 8.05. The zero-order chi connectivity index (χ0) is 37.7. The first-order chi connectivity index (χ1) is 25.7. The van der Waals surface area contributed by atoms with E-state index in [0.29, 0.717) is 5.75 Å². The van der Waals surface area contributed by atoms with E-state index in [2.05, 4.69) is 110 Å². The number of hydrogen-bond donors (Lipinski definition) is 0. The number of methoxy groups -OCH3 is 1. The van der Waals surface area contributed by atoms with E-state index >= 15 is 0 Å². The number of hydrogen-bond acceptors (Lipinski definition) is 5. The molecule has 1 atom stereocenters. The fourth-order valence-corrected chi connectivity index (χ4v) is 12.5. The molecular formula is C47H60O5P+. The lowest BCUT2D eigenvalue weighted by molar-refractivity contribution is -0.144. The lowest BCUT2D eigenvalue weighted by atomic mass is 9.84. The highest BCUT2D eigenvalue weighted by Crippen LogP contribution is 2.56. The summed E-state index contributed by atoms with van der Waals surface area (Å²) in [5, 5.41) is 4.45. The first kappa shape index (κ1) is 40.2. The van der Waals surface area contributed by atoms with Gasteiger partial charge in [0.05, 0.1) is 26.1 Å². The maximum absolute atomic E-state index is 12.5. The summed E-state index contributed by atoms with van der Waals surface area (Å²) in [5.41, 5.74) is 3.85. The Balaban J connectivity index is 1.04. The van der Waals surface area contributed by atoms with Crippen molar-refractivity contribution in [3.63, 3.8) is 0 Å². The zero-order valence-electron chi connectivity index (χ0n) is 32.8. The van der Waals surface area contributed by atoms with E-state index in [1.54, 1.807) is 0 Å². The molecule has 53 heavy (non-hydrogen) atoms. The van der Waals surface area contributed by atoms with Crippen LogP contribution in [-0.4, -0.2) is 30.8 Å². The molecular weight excluding hydrogens is 675 g/mol. The standard InChI is InChI=1S/C47H60O5P/c1-36-37(2)46-42(38(3)45(36)51-44(49)31-30-43(48)50-5)32-34-47(4,52-46)33-22-11-9-7-6-8-10-12-23-35-53(39-24-16-13-17-25-39,40-26-18-14-19-27-40)41-28-20-15-21-29-41/h13-21,24-29H,6-12,22-23,30-35H2,1-5H3/q+1. The van der Waals surface area contributed by atoms with Crippen molar-refractivity contribution in [1.82, 2.24) is 0 Å². The predicted octanol–water partition coefficient (Wildman–Crippen LogP) is 10.4. The van der Waals surface area contributed by atoms with Gasteiger partial charge in [-0.2, -0.15) is 0 Å². The second kappa shape index (κ2) is 19.4. The van der Waals surface area contributed by atoms with Crippen LogP contribution in [0.25, 0.3) is 0 Å². The lowest BCUT2D eigenvalue weighted by Crippen LogP contribution is -2.37. The molecule has 0 aliphatic carbocycles. The maximum atomic E-state index is 12.5. The predicted molar refractivity (Wildman–Crippen MR) is 221 cm³/mol. The molecule has 0 spiro atoms. The zero-order valence-corrected chi connectivity index (χ0v) is 33.6. The van der Waals surface area contributed by atoms with Gasteiger partial charge in [0.25, 0.3) is 0 Å². The minimum atomic E-state index is -1.73. The summed E-state index contributed by atoms with van der Waals surface area (Å²) in [6.45, 7) is 8.30. The molecule has 0 saturated carbocycles. The molecule has 1 heterocycles. The Labute approximate surface area is 319 Å². The Morgan fingerprint density at radius 3 is 1.62 bits per heavy atom. The average Bonchev–Trinajstić information content (AvgIpc) is 3.19. The molecule has 0 saturated heterocycles. The average molecular weight is 736 g/mol. The Kier molecular flexibility index (Phi) is 14.7. The quantitative estimate of drug-likeness (QED) is 0.0415. The van der Waals surface area contributed by atoms with E-state index in [1.807, 2.05) is 13.8 Å². The molecule has 282 valence electrons. The van der Waals surface area contributed by atoms with Gasteiger partial charge in [-0.1, -0.05) is 93.1 Å². The number of ether oxygens (including phenoxy) is 3. The topological polar surface area (TPSA) is 61.8 Å². The van der Waals surface area contributed by atoms with Crippen LogP contribution in [0.3, 0.4) is 0 Å². The number of carbonyl (C=O) groups excluding carboxylic acids is 2. The fraction of sp³-hybridized carbons (Fsp3) is 0.447. The summed E-state index contributed by atoms with van der Waals surface area (Å²) in [4.78, 5) is 24.0. The van der Waals surface area contributed by atoms with E-state index in [1.165, 1.54) is 87.0 Å². The van der Waals surface area contributed by atoms with Gasteiger partial charge in [-0.3, -0.25) is 9.59 Å². The van der Waals surface area contributed by atoms with Gasteiger partial charge >= 0.3 is 11.9 Å². The first-order valence-corrected chi connectivity index (χ1v) is 21.8. The van der Waals surface area contributed by atoms with Crippen molar-refractivity contribution in [2.45, 2.75) is 123 Å². The second-order valence-corrected chi connectivity index (χ2v) is 18.7. The van der Waals surface area contributed by atoms with Crippen LogP contribution in [0.4, 0.5) is 0 Å². The third-order valence-electron chi connectivity index (χ3n) is 11.3. The molecule has 4 aromatic carbocycles. The van der Waals surface area contributed by atoms with Crippen LogP contribution >= 0.6 is 7.26 Å². The molecule has 0 fully saturated rings. The first-order valence-electron chi connectivity index (χ1n) is 19.8. The van der Waals surface area contributed by atoms with Crippen molar-refractivity contribution in [2.75, 3.05) is 13.3 Å². The van der Waals surface area contributed by atoms with Crippen molar-refractivity contribution >= 4 is 35.1 Å². The summed E-state index contributed by atoms with van der Waals surface area (Å²) >= 11 is 0. The van der Waals surface area contributed by atoms with Gasteiger partial charge in [0.1, 0.15) is 40.3 Å². The molecule has 0 aromatic heterocycles. The summed E-state index contributed by atoms with van der Waals surface area (Å²) in [5.74, 6) is 0.723. The van der Waals surface area contributed by atoms with Gasteiger partial charge in [-0.05, 0) is 119 Å². The van der Waals surface area contributed by atoms with E-state index in [-0.39, 0.29) is 18.4 Å². The minimum absolute atomic E-state index is 0.00256. The van der Waals surface area contributed by atoms with Gasteiger partial charge < -0.3 is 14.2 Å². The van der Waals surface area contributed by atoms with E-state index in [0.717, 1.165) is 47.3 Å². The number of esters is 2. The van der Waals surface area contributed by atoms with Gasteiger partial charge in [0.15, 0.2) is 0 Å². The van der Waals surface area contributed by atoms with E-state index in [4.69, 9.17) is 9.47 Å². The summed E-state index contributed by atoms with van der Waals surface area (Å²) in [7, 11) is -0.404. The molecule has 5 rings (SSSR count). The van der Waals surface area contributed by atoms with Crippen molar-refractivity contribution < 1.29 is 23.8 Å². The Morgan fingerprint density at radius 1 is 0.642 bits per heavy atom. The second-order valence-electron chi connectivity index (χ2n) is 15.1. The van der Waals surface area contributed by atoms with Gasteiger partial charge in [-0.25, -0.2) is 0 Å². The molecule has 1 aliphatic rings. The van der Waals surface area contributed by atoms with Crippen LogP contribution in [0.5, 0.6) is 11.5 Å². The SMILES string of the molecule is COC(=O)CCC(=O)Oc1c(C)c(C)c2c(c1C)CCC(C)(CCCCCCCCCCC[P+](c1ccccc1)(c1ccccc1)c1ccccc1)O2. The highest BCUT2D eigenvalue weighted by Gasteiger charge is 2.44. The molecule has 5 nitrogen and oxygen atoms in total. The molecule has 6 heteroatoms. The van der Waals surface area contributed by atoms with Crippen molar-refractivity contribution in [3.05, 3.63) is 113 Å². The smallest absolute Gasteiger partial charge is 0.311 e. The van der Waals surface area contributed by atoms with Crippen LogP contribution in [0.2, 0.25) is 0 Å². The number of unbranched alkanes of at least 4 members (excludes halogenated alkanes) is 8. The minimum Gasteiger partial charge on any atom is -0.487 e. The molecule has 0 radical (unpaired) electrons. The number of fused-ring (bicyclic) bond motifs is 1. The van der Waals surface area contributed by atoms with E-state index in [9.17, 15) is 9.59 Å². The summed E-state index contributed by atoms with van der Waals surface area (Å²) < 4.78 is 17.2. The monoisotopic (exact) mass is 735 g/mol. The highest BCUT2D eigenvalue weighted by molar-refractivity contribution is 7.95. The molecule has 1 aliphatic heterocycles. The van der Waals surface area contributed by atoms with E-state index < -0.39 is 19.2 Å². The van der Waals surface area contributed by atoms with Crippen LogP contribution in [0.1, 0.15) is 113 Å². The van der Waals surface area contributed by atoms with Crippen LogP contribution in [0.15, 0.2) is 91.0 Å². The number of benzene rings is 4. The maximum Gasteiger partial charge on any atom is 0.311 e. The normalized spacial score (nSPS) is 15.3. The highest BCUT2D eigenvalue weighted by atomic mass is 31.2. The molecule has 0 amide bonds. The van der Waals surface area contributed by atoms with Crippen molar-refractivity contribution in [2.24, 2.45) is 0 Å². The van der Waals surface area contributed by atoms with Crippen molar-refractivity contribution in [1.29, 1.82) is 0 Å².